The molecule has 31 heavy (non-hydrogen) atoms. The molecule has 0 aliphatic carbocycles. The molecule has 0 bridgehead atoms. The third kappa shape index (κ3) is 4.13. The van der Waals surface area contributed by atoms with E-state index in [0.29, 0.717) is 24.2 Å². The Morgan fingerprint density at radius 3 is 2.68 bits per heavy atom. The maximum absolute atomic E-state index is 12.7. The Bertz CT molecular complexity index is 1220. The van der Waals surface area contributed by atoms with Gasteiger partial charge in [0.25, 0.3) is 11.1 Å². The number of hydrogen-bond acceptors (Lipinski definition) is 6. The van der Waals surface area contributed by atoms with Crippen LogP contribution in [0.1, 0.15) is 0 Å². The first-order chi connectivity index (χ1) is 15.2. The van der Waals surface area contributed by atoms with E-state index in [1.165, 1.54) is 11.8 Å². The van der Waals surface area contributed by atoms with Gasteiger partial charge in [0, 0.05) is 43.3 Å². The van der Waals surface area contributed by atoms with Crippen molar-refractivity contribution < 1.29 is 9.21 Å². The number of carbonyl (C=O) groups is 1. The molecule has 0 unspecified atom stereocenters. The van der Waals surface area contributed by atoms with Crippen LogP contribution in [0.2, 0.25) is 5.02 Å². The second-order valence-corrected chi connectivity index (χ2v) is 8.56. The third-order valence-corrected chi connectivity index (χ3v) is 6.49. The summed E-state index contributed by atoms with van der Waals surface area (Å²) in [5.74, 6) is 0.776. The highest BCUT2D eigenvalue weighted by Crippen LogP contribution is 2.30. The zero-order valence-electron chi connectivity index (χ0n) is 16.6. The molecule has 0 radical (unpaired) electrons. The number of rotatable bonds is 5. The third-order valence-electron chi connectivity index (χ3n) is 5.37. The number of halogens is 1. The summed E-state index contributed by atoms with van der Waals surface area (Å²) < 4.78 is 5.79. The topological polar surface area (TPSA) is 78.3 Å². The van der Waals surface area contributed by atoms with E-state index in [4.69, 9.17) is 16.0 Å². The van der Waals surface area contributed by atoms with Crippen molar-refractivity contribution in [2.75, 3.05) is 36.8 Å². The van der Waals surface area contributed by atoms with Crippen molar-refractivity contribution in [2.24, 2.45) is 0 Å². The largest absolute Gasteiger partial charge is 0.411 e. The molecule has 0 atom stereocenters. The van der Waals surface area contributed by atoms with E-state index in [1.54, 1.807) is 0 Å². The van der Waals surface area contributed by atoms with Gasteiger partial charge in [-0.25, -0.2) is 0 Å². The van der Waals surface area contributed by atoms with E-state index in [0.717, 1.165) is 40.3 Å². The minimum absolute atomic E-state index is 0.0654. The number of anilines is 1. The van der Waals surface area contributed by atoms with Crippen LogP contribution < -0.4 is 4.90 Å². The summed E-state index contributed by atoms with van der Waals surface area (Å²) in [6.07, 6.45) is 1.86. The fourth-order valence-corrected chi connectivity index (χ4v) is 4.67. The number of fused-ring (bicyclic) bond motifs is 1. The fourth-order valence-electron chi connectivity index (χ4n) is 3.75. The van der Waals surface area contributed by atoms with Crippen LogP contribution in [-0.2, 0) is 4.79 Å². The van der Waals surface area contributed by atoms with Crippen molar-refractivity contribution in [3.8, 4) is 11.5 Å². The maximum atomic E-state index is 12.7. The standard InChI is InChI=1S/C22H20ClN5O2S/c23-17-6-2-4-8-19(17)27-9-11-28(12-10-27)20(29)14-31-22-26-25-21(30-22)16-13-24-18-7-3-1-5-15(16)18/h1-8,13,24H,9-12,14H2. The van der Waals surface area contributed by atoms with E-state index < -0.39 is 0 Å². The molecular formula is C22H20ClN5O2S. The minimum atomic E-state index is 0.0654. The average Bonchev–Trinajstić information content (AvgIpc) is 3.45. The lowest BCUT2D eigenvalue weighted by Crippen LogP contribution is -2.49. The number of para-hydroxylation sites is 2. The van der Waals surface area contributed by atoms with Crippen LogP contribution in [0.25, 0.3) is 22.4 Å². The van der Waals surface area contributed by atoms with Crippen molar-refractivity contribution in [2.45, 2.75) is 5.22 Å². The lowest BCUT2D eigenvalue weighted by Gasteiger charge is -2.36. The van der Waals surface area contributed by atoms with Crippen molar-refractivity contribution in [1.29, 1.82) is 0 Å². The molecule has 2 aromatic carbocycles. The summed E-state index contributed by atoms with van der Waals surface area (Å²) in [6, 6.07) is 15.7. The monoisotopic (exact) mass is 453 g/mol. The number of carbonyl (C=O) groups excluding carboxylic acids is 1. The lowest BCUT2D eigenvalue weighted by atomic mass is 10.2. The van der Waals surface area contributed by atoms with Crippen molar-refractivity contribution >= 4 is 45.9 Å². The Hall–Kier alpha value is -2.97. The van der Waals surface area contributed by atoms with Crippen molar-refractivity contribution in [3.05, 3.63) is 59.8 Å². The van der Waals surface area contributed by atoms with Gasteiger partial charge in [0.2, 0.25) is 5.91 Å². The molecule has 1 amide bonds. The Morgan fingerprint density at radius 2 is 1.84 bits per heavy atom. The highest BCUT2D eigenvalue weighted by molar-refractivity contribution is 7.99. The van der Waals surface area contributed by atoms with E-state index in [2.05, 4.69) is 20.1 Å². The van der Waals surface area contributed by atoms with Gasteiger partial charge in [-0.1, -0.05) is 53.7 Å². The normalized spacial score (nSPS) is 14.4. The van der Waals surface area contributed by atoms with Crippen LogP contribution >= 0.6 is 23.4 Å². The van der Waals surface area contributed by atoms with Crippen molar-refractivity contribution in [1.82, 2.24) is 20.1 Å². The van der Waals surface area contributed by atoms with Crippen LogP contribution in [0.15, 0.2) is 64.4 Å². The van der Waals surface area contributed by atoms with Gasteiger partial charge in [-0.15, -0.1) is 10.2 Å². The van der Waals surface area contributed by atoms with Crippen LogP contribution in [0.5, 0.6) is 0 Å². The summed E-state index contributed by atoms with van der Waals surface area (Å²) in [5, 5.41) is 10.4. The SMILES string of the molecule is O=C(CSc1nnc(-c2c[nH]c3ccccc23)o1)N1CCN(c2ccccc2Cl)CC1. The molecule has 1 aliphatic heterocycles. The summed E-state index contributed by atoms with van der Waals surface area (Å²) >= 11 is 7.56. The number of hydrogen-bond donors (Lipinski definition) is 1. The van der Waals surface area contributed by atoms with Gasteiger partial charge in [-0.05, 0) is 18.2 Å². The Kier molecular flexibility index (Phi) is 5.57. The van der Waals surface area contributed by atoms with E-state index >= 15 is 0 Å². The minimum Gasteiger partial charge on any atom is -0.411 e. The first kappa shape index (κ1) is 20.0. The quantitative estimate of drug-likeness (QED) is 0.453. The highest BCUT2D eigenvalue weighted by atomic mass is 35.5. The predicted octanol–water partition coefficient (Wildman–Crippen LogP) is 4.31. The number of amides is 1. The second kappa shape index (κ2) is 8.64. The number of benzene rings is 2. The second-order valence-electron chi connectivity index (χ2n) is 7.23. The van der Waals surface area contributed by atoms with Gasteiger partial charge in [0.1, 0.15) is 0 Å². The summed E-state index contributed by atoms with van der Waals surface area (Å²) in [7, 11) is 0. The van der Waals surface area contributed by atoms with Crippen LogP contribution in [0.4, 0.5) is 5.69 Å². The summed E-state index contributed by atoms with van der Waals surface area (Å²) in [4.78, 5) is 19.9. The molecule has 7 nitrogen and oxygen atoms in total. The predicted molar refractivity (Wildman–Crippen MR) is 123 cm³/mol. The summed E-state index contributed by atoms with van der Waals surface area (Å²) in [5.41, 5.74) is 2.88. The fraction of sp³-hybridized carbons (Fsp3) is 0.227. The molecule has 1 N–H and O–H groups in total. The number of nitrogens with zero attached hydrogens (tertiary/aromatic N) is 4. The molecule has 0 spiro atoms. The highest BCUT2D eigenvalue weighted by Gasteiger charge is 2.23. The molecule has 2 aromatic heterocycles. The number of thioether (sulfide) groups is 1. The lowest BCUT2D eigenvalue weighted by molar-refractivity contribution is -0.128. The summed E-state index contributed by atoms with van der Waals surface area (Å²) in [6.45, 7) is 2.83. The van der Waals surface area contributed by atoms with Crippen LogP contribution in [0, 0.1) is 0 Å². The molecule has 9 heteroatoms. The zero-order chi connectivity index (χ0) is 21.2. The van der Waals surface area contributed by atoms with Crippen LogP contribution in [-0.4, -0.2) is 57.9 Å². The molecule has 5 rings (SSSR count). The number of nitrogens with one attached hydrogen (secondary N) is 1. The van der Waals surface area contributed by atoms with E-state index in [1.807, 2.05) is 59.6 Å². The number of aromatic nitrogens is 3. The van der Waals surface area contributed by atoms with E-state index in [9.17, 15) is 4.79 Å². The zero-order valence-corrected chi connectivity index (χ0v) is 18.2. The number of aromatic amines is 1. The molecule has 1 aliphatic rings. The molecule has 158 valence electrons. The molecule has 1 fully saturated rings. The number of H-pyrrole nitrogens is 1. The Balaban J connectivity index is 1.17. The van der Waals surface area contributed by atoms with Crippen LogP contribution in [0.3, 0.4) is 0 Å². The van der Waals surface area contributed by atoms with Gasteiger partial charge in [-0.2, -0.15) is 0 Å². The molecule has 0 saturated carbocycles. The van der Waals surface area contributed by atoms with Gasteiger partial charge in [0.15, 0.2) is 0 Å². The molecule has 1 saturated heterocycles. The first-order valence-electron chi connectivity index (χ1n) is 9.99. The Labute approximate surface area is 188 Å². The molecular weight excluding hydrogens is 434 g/mol. The smallest absolute Gasteiger partial charge is 0.277 e. The first-order valence-corrected chi connectivity index (χ1v) is 11.4. The van der Waals surface area contributed by atoms with Gasteiger partial charge >= 0.3 is 0 Å². The number of piperazine rings is 1. The van der Waals surface area contributed by atoms with Gasteiger partial charge in [-0.3, -0.25) is 4.79 Å². The van der Waals surface area contributed by atoms with Gasteiger partial charge < -0.3 is 19.2 Å². The van der Waals surface area contributed by atoms with E-state index in [-0.39, 0.29) is 11.7 Å². The maximum Gasteiger partial charge on any atom is 0.277 e. The molecule has 4 aromatic rings. The van der Waals surface area contributed by atoms with Crippen molar-refractivity contribution in [3.63, 3.8) is 0 Å². The molecule has 3 heterocycles. The average molecular weight is 454 g/mol. The van der Waals surface area contributed by atoms with Gasteiger partial charge in [0.05, 0.1) is 22.0 Å². The Morgan fingerprint density at radius 1 is 1.06 bits per heavy atom.